The van der Waals surface area contributed by atoms with Crippen molar-refractivity contribution in [1.29, 1.82) is 0 Å². The molecule has 1 atom stereocenters. The minimum absolute atomic E-state index is 0.262. The van der Waals surface area contributed by atoms with Crippen LogP contribution in [0.2, 0.25) is 0 Å². The molecule has 7 heteroatoms. The number of tetrazole rings is 1. The van der Waals surface area contributed by atoms with Crippen LogP contribution in [0, 0.1) is 0 Å². The average molecular weight is 271 g/mol. The van der Waals surface area contributed by atoms with Gasteiger partial charge < -0.3 is 0 Å². The number of aryl methyl sites for hydroxylation is 1. The van der Waals surface area contributed by atoms with Gasteiger partial charge in [0.25, 0.3) is 11.8 Å². The zero-order valence-electron chi connectivity index (χ0n) is 11.1. The Morgan fingerprint density at radius 1 is 1.15 bits per heavy atom. The highest BCUT2D eigenvalue weighted by atomic mass is 16.2. The molecule has 0 unspecified atom stereocenters. The van der Waals surface area contributed by atoms with Crippen LogP contribution in [0.5, 0.6) is 0 Å². The quantitative estimate of drug-likeness (QED) is 0.756. The van der Waals surface area contributed by atoms with Crippen LogP contribution in [0.4, 0.5) is 0 Å². The van der Waals surface area contributed by atoms with Crippen LogP contribution in [-0.4, -0.2) is 43.0 Å². The molecule has 102 valence electrons. The molecular weight excluding hydrogens is 258 g/mol. The van der Waals surface area contributed by atoms with Gasteiger partial charge in [-0.3, -0.25) is 14.5 Å². The first-order valence-corrected chi connectivity index (χ1v) is 6.27. The fourth-order valence-corrected chi connectivity index (χ4v) is 2.37. The third-order valence-electron chi connectivity index (χ3n) is 3.29. The summed E-state index contributed by atoms with van der Waals surface area (Å²) in [4.78, 5) is 27.2. The molecule has 0 bridgehead atoms. The van der Waals surface area contributed by atoms with Gasteiger partial charge in [-0.25, -0.2) is 0 Å². The number of carbonyl (C=O) groups excluding carboxylic acids is 2. The van der Waals surface area contributed by atoms with E-state index in [1.165, 1.54) is 9.70 Å². The van der Waals surface area contributed by atoms with E-state index >= 15 is 0 Å². The smallest absolute Gasteiger partial charge is 0.261 e. The van der Waals surface area contributed by atoms with Gasteiger partial charge in [-0.2, -0.15) is 4.80 Å². The molecule has 0 spiro atoms. The highest BCUT2D eigenvalue weighted by Gasteiger charge is 2.38. The lowest BCUT2D eigenvalue weighted by Gasteiger charge is -2.20. The molecule has 20 heavy (non-hydrogen) atoms. The molecule has 2 heterocycles. The third kappa shape index (κ3) is 1.87. The lowest BCUT2D eigenvalue weighted by Crippen LogP contribution is -2.39. The predicted molar refractivity (Wildman–Crippen MR) is 68.9 cm³/mol. The van der Waals surface area contributed by atoms with E-state index < -0.39 is 0 Å². The standard InChI is InChI=1S/C13H13N5O2/c1-8(7-11-14-16-17(2)15-11)18-12(19)9-5-3-4-6-10(9)13(18)20/h3-6,8H,7H2,1-2H3/t8-/m1/s1. The highest BCUT2D eigenvalue weighted by Crippen LogP contribution is 2.25. The van der Waals surface area contributed by atoms with E-state index in [1.807, 2.05) is 0 Å². The zero-order valence-corrected chi connectivity index (χ0v) is 11.1. The van der Waals surface area contributed by atoms with E-state index in [4.69, 9.17) is 0 Å². The van der Waals surface area contributed by atoms with Crippen LogP contribution >= 0.6 is 0 Å². The van der Waals surface area contributed by atoms with E-state index in [-0.39, 0.29) is 17.9 Å². The Hall–Kier alpha value is -2.57. The normalized spacial score (nSPS) is 15.6. The SMILES string of the molecule is C[C@H](Cc1nnn(C)n1)N1C(=O)c2ccccc2C1=O. The van der Waals surface area contributed by atoms with E-state index in [0.29, 0.717) is 23.4 Å². The number of imide groups is 1. The molecular formula is C13H13N5O2. The van der Waals surface area contributed by atoms with Gasteiger partial charge >= 0.3 is 0 Å². The van der Waals surface area contributed by atoms with Crippen molar-refractivity contribution >= 4 is 11.8 Å². The summed E-state index contributed by atoms with van der Waals surface area (Å²) in [7, 11) is 1.67. The van der Waals surface area contributed by atoms with E-state index in [1.54, 1.807) is 38.2 Å². The number of hydrogen-bond acceptors (Lipinski definition) is 5. The molecule has 1 aliphatic rings. The minimum atomic E-state index is -0.313. The maximum atomic E-state index is 12.3. The Morgan fingerprint density at radius 2 is 1.75 bits per heavy atom. The second-order valence-corrected chi connectivity index (χ2v) is 4.77. The van der Waals surface area contributed by atoms with Crippen molar-refractivity contribution in [2.24, 2.45) is 7.05 Å². The van der Waals surface area contributed by atoms with Crippen molar-refractivity contribution in [3.05, 3.63) is 41.2 Å². The molecule has 0 N–H and O–H groups in total. The van der Waals surface area contributed by atoms with Gasteiger partial charge in [-0.05, 0) is 24.3 Å². The number of nitrogens with zero attached hydrogens (tertiary/aromatic N) is 5. The van der Waals surface area contributed by atoms with E-state index in [9.17, 15) is 9.59 Å². The van der Waals surface area contributed by atoms with Crippen molar-refractivity contribution in [2.75, 3.05) is 0 Å². The number of benzene rings is 1. The fourth-order valence-electron chi connectivity index (χ4n) is 2.37. The second kappa shape index (κ2) is 4.52. The molecule has 2 aromatic rings. The summed E-state index contributed by atoms with van der Waals surface area (Å²) in [6, 6.07) is 6.53. The molecule has 1 aromatic heterocycles. The van der Waals surface area contributed by atoms with Crippen LogP contribution in [0.15, 0.2) is 24.3 Å². The molecule has 0 fully saturated rings. The maximum Gasteiger partial charge on any atom is 0.261 e. The summed E-state index contributed by atoms with van der Waals surface area (Å²) in [5, 5.41) is 11.7. The Bertz CT molecular complexity index is 659. The summed E-state index contributed by atoms with van der Waals surface area (Å²) in [6.45, 7) is 1.80. The monoisotopic (exact) mass is 271 g/mol. The largest absolute Gasteiger partial charge is 0.271 e. The number of aromatic nitrogens is 4. The van der Waals surface area contributed by atoms with Crippen molar-refractivity contribution < 1.29 is 9.59 Å². The number of hydrogen-bond donors (Lipinski definition) is 0. The molecule has 3 rings (SSSR count). The number of carbonyl (C=O) groups is 2. The molecule has 0 aliphatic carbocycles. The first-order chi connectivity index (χ1) is 9.58. The van der Waals surface area contributed by atoms with Crippen molar-refractivity contribution in [2.45, 2.75) is 19.4 Å². The number of fused-ring (bicyclic) bond motifs is 1. The topological polar surface area (TPSA) is 81.0 Å². The Kier molecular flexibility index (Phi) is 2.81. The first kappa shape index (κ1) is 12.5. The van der Waals surface area contributed by atoms with Crippen molar-refractivity contribution in [1.82, 2.24) is 25.1 Å². The summed E-state index contributed by atoms with van der Waals surface area (Å²) in [5.41, 5.74) is 0.910. The lowest BCUT2D eigenvalue weighted by molar-refractivity contribution is 0.0595. The molecule has 1 aromatic carbocycles. The highest BCUT2D eigenvalue weighted by molar-refractivity contribution is 6.21. The van der Waals surface area contributed by atoms with Gasteiger partial charge in [0.1, 0.15) is 0 Å². The summed E-state index contributed by atoms with van der Waals surface area (Å²) in [6.07, 6.45) is 0.388. The predicted octanol–water partition coefficient (Wildman–Crippen LogP) is 0.437. The second-order valence-electron chi connectivity index (χ2n) is 4.77. The van der Waals surface area contributed by atoms with E-state index in [2.05, 4.69) is 15.4 Å². The van der Waals surface area contributed by atoms with Crippen LogP contribution in [0.1, 0.15) is 33.5 Å². The van der Waals surface area contributed by atoms with Gasteiger partial charge in [-0.1, -0.05) is 12.1 Å². The van der Waals surface area contributed by atoms with Gasteiger partial charge in [0, 0.05) is 12.5 Å². The van der Waals surface area contributed by atoms with Crippen LogP contribution in [0.25, 0.3) is 0 Å². The summed E-state index contributed by atoms with van der Waals surface area (Å²) in [5.74, 6) is -0.0134. The van der Waals surface area contributed by atoms with Gasteiger partial charge in [0.05, 0.1) is 18.2 Å². The van der Waals surface area contributed by atoms with E-state index in [0.717, 1.165) is 0 Å². The molecule has 0 saturated heterocycles. The Labute approximate surface area is 115 Å². The number of amides is 2. The van der Waals surface area contributed by atoms with Crippen LogP contribution in [0.3, 0.4) is 0 Å². The first-order valence-electron chi connectivity index (χ1n) is 6.27. The van der Waals surface area contributed by atoms with Crippen LogP contribution in [-0.2, 0) is 13.5 Å². The van der Waals surface area contributed by atoms with Gasteiger partial charge in [0.2, 0.25) is 0 Å². The number of rotatable bonds is 3. The van der Waals surface area contributed by atoms with Gasteiger partial charge in [0.15, 0.2) is 5.82 Å². The summed E-state index contributed by atoms with van der Waals surface area (Å²) < 4.78 is 0. The van der Waals surface area contributed by atoms with Gasteiger partial charge in [-0.15, -0.1) is 10.2 Å². The molecule has 2 amide bonds. The average Bonchev–Trinajstić information content (AvgIpc) is 2.93. The maximum absolute atomic E-state index is 12.3. The molecule has 7 nitrogen and oxygen atoms in total. The lowest BCUT2D eigenvalue weighted by atomic mass is 10.1. The zero-order chi connectivity index (χ0) is 14.3. The Morgan fingerprint density at radius 3 is 2.25 bits per heavy atom. The molecule has 0 radical (unpaired) electrons. The Balaban J connectivity index is 1.85. The van der Waals surface area contributed by atoms with Crippen molar-refractivity contribution in [3.8, 4) is 0 Å². The fraction of sp³-hybridized carbons (Fsp3) is 0.308. The van der Waals surface area contributed by atoms with Crippen molar-refractivity contribution in [3.63, 3.8) is 0 Å². The van der Waals surface area contributed by atoms with Crippen LogP contribution < -0.4 is 0 Å². The summed E-state index contributed by atoms with van der Waals surface area (Å²) >= 11 is 0. The molecule has 1 aliphatic heterocycles. The minimum Gasteiger partial charge on any atom is -0.271 e. The molecule has 0 saturated carbocycles. The third-order valence-corrected chi connectivity index (χ3v) is 3.29.